The molecule has 7 nitrogen and oxygen atoms in total. The summed E-state index contributed by atoms with van der Waals surface area (Å²) in [7, 11) is 0. The van der Waals surface area contributed by atoms with Gasteiger partial charge in [0, 0.05) is 44.3 Å². The van der Waals surface area contributed by atoms with Gasteiger partial charge in [0.25, 0.3) is 0 Å². The molecule has 0 atom stereocenters. The van der Waals surface area contributed by atoms with E-state index in [2.05, 4.69) is 20.3 Å². The fourth-order valence-corrected chi connectivity index (χ4v) is 3.54. The van der Waals surface area contributed by atoms with Crippen LogP contribution in [-0.4, -0.2) is 45.8 Å². The van der Waals surface area contributed by atoms with Crippen LogP contribution >= 0.6 is 0 Å². The molecule has 0 radical (unpaired) electrons. The highest BCUT2D eigenvalue weighted by Crippen LogP contribution is 2.28. The standard InChI is InChI=1S/C21H25N5O2/c1-13-22-12-19(28-13)15-4-5-16-11-23-21(24-18(16)10-15)25-20(27)14-6-8-17(9-7-14)26(2)3/h4-5,10-12,14,17H,6-9H2,1-3H3,(H,23,24,25,27)/t14-,17-/i2D3,3D3. The Labute approximate surface area is 172 Å². The Kier molecular flexibility index (Phi) is 3.46. The molecule has 1 aromatic carbocycles. The second kappa shape index (κ2) is 7.67. The molecule has 7 heteroatoms. The number of carbonyl (C=O) groups is 1. The van der Waals surface area contributed by atoms with Gasteiger partial charge in [0.2, 0.25) is 11.9 Å². The SMILES string of the molecule is [2H]C([2H])([2H])N([C@H]1CC[C@H](C(=O)Nc2ncc3ccc(-c4cnc(C)o4)cc3n2)CC1)C([2H])([2H])[2H]. The predicted molar refractivity (Wildman–Crippen MR) is 108 cm³/mol. The van der Waals surface area contributed by atoms with Gasteiger partial charge < -0.3 is 9.32 Å². The molecule has 3 aromatic rings. The third-order valence-corrected chi connectivity index (χ3v) is 5.16. The molecule has 0 saturated heterocycles. The third-order valence-electron chi connectivity index (χ3n) is 5.16. The molecule has 1 aliphatic carbocycles. The number of hydrogen-bond donors (Lipinski definition) is 1. The summed E-state index contributed by atoms with van der Waals surface area (Å²) >= 11 is 0. The largest absolute Gasteiger partial charge is 0.441 e. The molecule has 1 N–H and O–H groups in total. The van der Waals surface area contributed by atoms with E-state index in [1.54, 1.807) is 19.3 Å². The number of benzene rings is 1. The Morgan fingerprint density at radius 1 is 1.21 bits per heavy atom. The molecule has 2 heterocycles. The van der Waals surface area contributed by atoms with Crippen molar-refractivity contribution in [1.29, 1.82) is 0 Å². The Morgan fingerprint density at radius 2 is 2.04 bits per heavy atom. The summed E-state index contributed by atoms with van der Waals surface area (Å²) in [5.41, 5.74) is 1.43. The van der Waals surface area contributed by atoms with Crippen LogP contribution in [0.15, 0.2) is 35.0 Å². The summed E-state index contributed by atoms with van der Waals surface area (Å²) in [4.78, 5) is 26.2. The maximum absolute atomic E-state index is 12.8. The lowest BCUT2D eigenvalue weighted by atomic mass is 9.85. The first kappa shape index (κ1) is 12.6. The summed E-state index contributed by atoms with van der Waals surface area (Å²) < 4.78 is 51.1. The van der Waals surface area contributed by atoms with Gasteiger partial charge in [-0.1, -0.05) is 12.1 Å². The topological polar surface area (TPSA) is 84.2 Å². The molecule has 0 spiro atoms. The first-order chi connectivity index (χ1) is 15.9. The molecule has 4 rings (SSSR count). The van der Waals surface area contributed by atoms with E-state index >= 15 is 0 Å². The molecule has 0 unspecified atom stereocenters. The molecule has 2 aromatic heterocycles. The second-order valence-electron chi connectivity index (χ2n) is 7.08. The van der Waals surface area contributed by atoms with Crippen molar-refractivity contribution in [3.63, 3.8) is 0 Å². The fraction of sp³-hybridized carbons (Fsp3) is 0.429. The van der Waals surface area contributed by atoms with Crippen molar-refractivity contribution >= 4 is 22.8 Å². The molecule has 28 heavy (non-hydrogen) atoms. The third kappa shape index (κ3) is 3.89. The highest BCUT2D eigenvalue weighted by molar-refractivity contribution is 5.92. The van der Waals surface area contributed by atoms with Crippen LogP contribution in [0.2, 0.25) is 0 Å². The highest BCUT2D eigenvalue weighted by Gasteiger charge is 2.27. The van der Waals surface area contributed by atoms with Crippen molar-refractivity contribution < 1.29 is 17.4 Å². The van der Waals surface area contributed by atoms with Gasteiger partial charge in [0.05, 0.1) is 11.7 Å². The lowest BCUT2D eigenvalue weighted by molar-refractivity contribution is -0.121. The van der Waals surface area contributed by atoms with E-state index in [1.165, 1.54) is 0 Å². The number of anilines is 1. The van der Waals surface area contributed by atoms with E-state index < -0.39 is 20.0 Å². The maximum atomic E-state index is 12.8. The zero-order valence-corrected chi connectivity index (χ0v) is 15.5. The quantitative estimate of drug-likeness (QED) is 0.738. The average molecular weight is 386 g/mol. The van der Waals surface area contributed by atoms with Crippen molar-refractivity contribution in [1.82, 2.24) is 19.9 Å². The number of carbonyl (C=O) groups excluding carboxylic acids is 1. The van der Waals surface area contributed by atoms with E-state index in [-0.39, 0.29) is 17.8 Å². The summed E-state index contributed by atoms with van der Waals surface area (Å²) in [6.07, 6.45) is 4.61. The van der Waals surface area contributed by atoms with Crippen LogP contribution in [0.25, 0.3) is 22.2 Å². The van der Waals surface area contributed by atoms with Gasteiger partial charge in [-0.05, 0) is 45.7 Å². The van der Waals surface area contributed by atoms with E-state index in [0.717, 1.165) is 10.9 Å². The minimum Gasteiger partial charge on any atom is -0.441 e. The highest BCUT2D eigenvalue weighted by atomic mass is 16.4. The summed E-state index contributed by atoms with van der Waals surface area (Å²) in [5, 5.41) is 3.54. The van der Waals surface area contributed by atoms with Gasteiger partial charge in [-0.25, -0.2) is 15.0 Å². The molecule has 1 saturated carbocycles. The number of oxazole rings is 1. The molecular formula is C21H25N5O2. The molecule has 0 bridgehead atoms. The molecular weight excluding hydrogens is 354 g/mol. The molecule has 0 aliphatic heterocycles. The van der Waals surface area contributed by atoms with E-state index in [0.29, 0.717) is 47.8 Å². The Hall–Kier alpha value is -2.80. The van der Waals surface area contributed by atoms with Crippen molar-refractivity contribution in [2.45, 2.75) is 38.6 Å². The first-order valence-corrected chi connectivity index (χ1v) is 9.22. The van der Waals surface area contributed by atoms with Crippen LogP contribution in [0.1, 0.15) is 39.8 Å². The molecule has 1 aliphatic rings. The number of aryl methyl sites for hydroxylation is 1. The van der Waals surface area contributed by atoms with E-state index in [9.17, 15) is 4.79 Å². The zero-order chi connectivity index (χ0) is 24.7. The number of hydrogen-bond acceptors (Lipinski definition) is 6. The number of fused-ring (bicyclic) bond motifs is 1. The number of nitrogens with zero attached hydrogens (tertiary/aromatic N) is 4. The molecule has 1 amide bonds. The first-order valence-electron chi connectivity index (χ1n) is 12.2. The summed E-state index contributed by atoms with van der Waals surface area (Å²) in [5.74, 6) is 0.685. The van der Waals surface area contributed by atoms with Crippen molar-refractivity contribution in [3.8, 4) is 11.3 Å². The zero-order valence-electron chi connectivity index (χ0n) is 21.5. The van der Waals surface area contributed by atoms with Gasteiger partial charge in [-0.15, -0.1) is 0 Å². The van der Waals surface area contributed by atoms with Gasteiger partial charge in [0.1, 0.15) is 0 Å². The monoisotopic (exact) mass is 385 g/mol. The van der Waals surface area contributed by atoms with Crippen LogP contribution in [-0.2, 0) is 4.79 Å². The van der Waals surface area contributed by atoms with Gasteiger partial charge in [-0.3, -0.25) is 10.1 Å². The van der Waals surface area contributed by atoms with Gasteiger partial charge in [-0.2, -0.15) is 0 Å². The lowest BCUT2D eigenvalue weighted by Gasteiger charge is -2.31. The number of rotatable bonds is 4. The Morgan fingerprint density at radius 3 is 2.75 bits per heavy atom. The average Bonchev–Trinajstić information content (AvgIpc) is 3.18. The van der Waals surface area contributed by atoms with Crippen molar-refractivity contribution in [3.05, 3.63) is 36.5 Å². The number of nitrogens with one attached hydrogen (secondary N) is 1. The van der Waals surface area contributed by atoms with E-state index in [1.807, 2.05) is 18.2 Å². The summed E-state index contributed by atoms with van der Waals surface area (Å²) in [6, 6.07) is 4.93. The minimum absolute atomic E-state index is 0.164. The van der Waals surface area contributed by atoms with Crippen LogP contribution in [0.3, 0.4) is 0 Å². The lowest BCUT2D eigenvalue weighted by Crippen LogP contribution is -2.35. The van der Waals surface area contributed by atoms with Gasteiger partial charge >= 0.3 is 0 Å². The molecule has 146 valence electrons. The maximum Gasteiger partial charge on any atom is 0.229 e. The van der Waals surface area contributed by atoms with E-state index in [4.69, 9.17) is 12.6 Å². The normalized spacial score (nSPS) is 23.9. The Bertz CT molecular complexity index is 1170. The van der Waals surface area contributed by atoms with Crippen LogP contribution in [0.4, 0.5) is 5.95 Å². The smallest absolute Gasteiger partial charge is 0.229 e. The van der Waals surface area contributed by atoms with Crippen molar-refractivity contribution in [2.24, 2.45) is 5.92 Å². The predicted octanol–water partition coefficient (Wildman–Crippen LogP) is 3.65. The van der Waals surface area contributed by atoms with Crippen LogP contribution in [0, 0.1) is 12.8 Å². The fourth-order valence-electron chi connectivity index (χ4n) is 3.54. The number of amides is 1. The Balaban J connectivity index is 1.43. The van der Waals surface area contributed by atoms with Crippen molar-refractivity contribution in [2.75, 3.05) is 19.3 Å². The number of aromatic nitrogens is 3. The minimum atomic E-state index is -2.73. The molecule has 1 fully saturated rings. The van der Waals surface area contributed by atoms with Crippen LogP contribution in [0.5, 0.6) is 0 Å². The van der Waals surface area contributed by atoms with Gasteiger partial charge in [0.15, 0.2) is 11.7 Å². The second-order valence-corrected chi connectivity index (χ2v) is 7.08. The van der Waals surface area contributed by atoms with Crippen LogP contribution < -0.4 is 5.32 Å². The summed E-state index contributed by atoms with van der Waals surface area (Å²) in [6.45, 7) is -3.70.